The predicted molar refractivity (Wildman–Crippen MR) is 107 cm³/mol. The number of amides is 3. The molecule has 4 unspecified atom stereocenters. The molecule has 0 saturated carbocycles. The Hall–Kier alpha value is -2.34. The van der Waals surface area contributed by atoms with Crippen molar-refractivity contribution in [1.29, 1.82) is 0 Å². The van der Waals surface area contributed by atoms with Gasteiger partial charge in [-0.1, -0.05) is 13.8 Å². The molecule has 7 N–H and O–H groups in total. The van der Waals surface area contributed by atoms with Gasteiger partial charge in [-0.15, -0.1) is 0 Å². The fourth-order valence-corrected chi connectivity index (χ4v) is 2.52. The molecule has 0 aromatic heterocycles. The molecule has 12 heteroatoms. The standard InChI is InChI=1S/C17H30N4O7S/c1-8(2)6-11(16(26)21-12(7-29)17(27)28)20-15(25)10(4-5-13(22)23)19-14(24)9(3)18/h8-12,29H,4-7,18H2,1-3H3,(H,19,24)(H,20,25)(H,21,26)(H,22,23)(H,27,28). The van der Waals surface area contributed by atoms with E-state index in [1.165, 1.54) is 6.92 Å². The summed E-state index contributed by atoms with van der Waals surface area (Å²) in [7, 11) is 0. The van der Waals surface area contributed by atoms with E-state index < -0.39 is 53.8 Å². The molecule has 0 rings (SSSR count). The minimum Gasteiger partial charge on any atom is -0.481 e. The largest absolute Gasteiger partial charge is 0.481 e. The third kappa shape index (κ3) is 10.7. The zero-order valence-corrected chi connectivity index (χ0v) is 17.6. The van der Waals surface area contributed by atoms with Crippen LogP contribution in [-0.2, 0) is 24.0 Å². The van der Waals surface area contributed by atoms with Crippen LogP contribution in [0.25, 0.3) is 0 Å². The van der Waals surface area contributed by atoms with Gasteiger partial charge in [0, 0.05) is 12.2 Å². The number of carboxylic acids is 2. The van der Waals surface area contributed by atoms with Gasteiger partial charge in [0.1, 0.15) is 18.1 Å². The molecular weight excluding hydrogens is 404 g/mol. The monoisotopic (exact) mass is 434 g/mol. The van der Waals surface area contributed by atoms with Gasteiger partial charge in [-0.2, -0.15) is 12.6 Å². The first-order chi connectivity index (χ1) is 13.4. The topological polar surface area (TPSA) is 188 Å². The lowest BCUT2D eigenvalue weighted by Gasteiger charge is -2.25. The first-order valence-electron chi connectivity index (χ1n) is 9.11. The SMILES string of the molecule is CC(C)CC(NC(=O)C(CCC(=O)O)NC(=O)C(C)N)C(=O)NC(CS)C(=O)O. The Kier molecular flexibility index (Phi) is 11.9. The number of rotatable bonds is 13. The third-order valence-corrected chi connectivity index (χ3v) is 4.20. The van der Waals surface area contributed by atoms with Crippen LogP contribution in [-0.4, -0.2) is 69.8 Å². The van der Waals surface area contributed by atoms with Gasteiger partial charge in [0.25, 0.3) is 0 Å². The van der Waals surface area contributed by atoms with E-state index in [1.807, 2.05) is 0 Å². The van der Waals surface area contributed by atoms with Gasteiger partial charge < -0.3 is 31.9 Å². The molecule has 0 radical (unpaired) electrons. The summed E-state index contributed by atoms with van der Waals surface area (Å²) < 4.78 is 0. The lowest BCUT2D eigenvalue weighted by Crippen LogP contribution is -2.57. The number of carbonyl (C=O) groups is 5. The van der Waals surface area contributed by atoms with Crippen molar-refractivity contribution in [3.05, 3.63) is 0 Å². The van der Waals surface area contributed by atoms with Gasteiger partial charge >= 0.3 is 11.9 Å². The van der Waals surface area contributed by atoms with Gasteiger partial charge in [0.2, 0.25) is 17.7 Å². The summed E-state index contributed by atoms with van der Waals surface area (Å²) in [5.41, 5.74) is 5.47. The van der Waals surface area contributed by atoms with Crippen LogP contribution < -0.4 is 21.7 Å². The molecule has 4 atom stereocenters. The van der Waals surface area contributed by atoms with E-state index in [-0.39, 0.29) is 30.9 Å². The summed E-state index contributed by atoms with van der Waals surface area (Å²) in [6.07, 6.45) is -0.396. The molecule has 0 aliphatic rings. The van der Waals surface area contributed by atoms with Gasteiger partial charge in [-0.3, -0.25) is 19.2 Å². The number of thiol groups is 1. The molecule has 0 bridgehead atoms. The molecule has 166 valence electrons. The average molecular weight is 435 g/mol. The van der Waals surface area contributed by atoms with E-state index in [2.05, 4.69) is 28.6 Å². The fraction of sp³-hybridized carbons (Fsp3) is 0.706. The zero-order valence-electron chi connectivity index (χ0n) is 16.7. The quantitative estimate of drug-likeness (QED) is 0.174. The maximum atomic E-state index is 12.6. The maximum Gasteiger partial charge on any atom is 0.327 e. The second-order valence-electron chi connectivity index (χ2n) is 7.05. The van der Waals surface area contributed by atoms with Crippen molar-refractivity contribution in [1.82, 2.24) is 16.0 Å². The molecule has 11 nitrogen and oxygen atoms in total. The highest BCUT2D eigenvalue weighted by Gasteiger charge is 2.30. The van der Waals surface area contributed by atoms with E-state index in [4.69, 9.17) is 15.9 Å². The smallest absolute Gasteiger partial charge is 0.327 e. The maximum absolute atomic E-state index is 12.6. The van der Waals surface area contributed by atoms with Gasteiger partial charge in [-0.05, 0) is 25.7 Å². The second-order valence-corrected chi connectivity index (χ2v) is 7.42. The highest BCUT2D eigenvalue weighted by molar-refractivity contribution is 7.80. The van der Waals surface area contributed by atoms with Crippen molar-refractivity contribution < 1.29 is 34.2 Å². The number of aliphatic carboxylic acids is 2. The summed E-state index contributed by atoms with van der Waals surface area (Å²) >= 11 is 3.88. The minimum atomic E-state index is -1.27. The molecule has 0 aliphatic heterocycles. The number of nitrogens with two attached hydrogens (primary N) is 1. The van der Waals surface area contributed by atoms with Crippen LogP contribution in [0.5, 0.6) is 0 Å². The van der Waals surface area contributed by atoms with Crippen molar-refractivity contribution in [2.45, 2.75) is 64.2 Å². The van der Waals surface area contributed by atoms with Crippen LogP contribution in [0.4, 0.5) is 0 Å². The van der Waals surface area contributed by atoms with Crippen LogP contribution in [0.2, 0.25) is 0 Å². The molecule has 0 saturated heterocycles. The average Bonchev–Trinajstić information content (AvgIpc) is 2.60. The number of hydrogen-bond donors (Lipinski definition) is 7. The van der Waals surface area contributed by atoms with Crippen molar-refractivity contribution >= 4 is 42.3 Å². The minimum absolute atomic E-state index is 0.0264. The molecule has 0 heterocycles. The number of carboxylic acid groups (broad SMARTS) is 2. The molecule has 0 aromatic rings. The molecule has 0 spiro atoms. The molecule has 0 aromatic carbocycles. The first-order valence-corrected chi connectivity index (χ1v) is 9.74. The normalized spacial score (nSPS) is 15.0. The number of carbonyl (C=O) groups excluding carboxylic acids is 3. The van der Waals surface area contributed by atoms with Gasteiger partial charge in [0.15, 0.2) is 0 Å². The molecule has 29 heavy (non-hydrogen) atoms. The summed E-state index contributed by atoms with van der Waals surface area (Å²) in [6.45, 7) is 5.01. The Morgan fingerprint density at radius 1 is 0.862 bits per heavy atom. The predicted octanol–water partition coefficient (Wildman–Crippen LogP) is -1.29. The van der Waals surface area contributed by atoms with Gasteiger partial charge in [-0.25, -0.2) is 4.79 Å². The summed E-state index contributed by atoms with van der Waals surface area (Å²) in [5, 5.41) is 25.0. The van der Waals surface area contributed by atoms with E-state index >= 15 is 0 Å². The van der Waals surface area contributed by atoms with Crippen LogP contribution in [0.1, 0.15) is 40.0 Å². The van der Waals surface area contributed by atoms with E-state index in [0.717, 1.165) is 0 Å². The molecule has 0 aliphatic carbocycles. The first kappa shape index (κ1) is 26.7. The van der Waals surface area contributed by atoms with Crippen molar-refractivity contribution in [2.24, 2.45) is 11.7 Å². The Morgan fingerprint density at radius 3 is 1.76 bits per heavy atom. The van der Waals surface area contributed by atoms with Crippen LogP contribution in [0.15, 0.2) is 0 Å². The third-order valence-electron chi connectivity index (χ3n) is 3.83. The van der Waals surface area contributed by atoms with Crippen LogP contribution in [0, 0.1) is 5.92 Å². The second kappa shape index (κ2) is 13.0. The highest BCUT2D eigenvalue weighted by Crippen LogP contribution is 2.08. The van der Waals surface area contributed by atoms with E-state index in [0.29, 0.717) is 0 Å². The summed E-state index contributed by atoms with van der Waals surface area (Å²) in [6, 6.07) is -4.45. The summed E-state index contributed by atoms with van der Waals surface area (Å²) in [4.78, 5) is 58.9. The Labute approximate surface area is 174 Å². The Morgan fingerprint density at radius 2 is 1.34 bits per heavy atom. The lowest BCUT2D eigenvalue weighted by atomic mass is 10.0. The Balaban J connectivity index is 5.37. The number of nitrogens with one attached hydrogen (secondary N) is 3. The molecule has 0 fully saturated rings. The molecule has 3 amide bonds. The van der Waals surface area contributed by atoms with Crippen molar-refractivity contribution in [2.75, 3.05) is 5.75 Å². The highest BCUT2D eigenvalue weighted by atomic mass is 32.1. The van der Waals surface area contributed by atoms with Crippen LogP contribution >= 0.6 is 12.6 Å². The van der Waals surface area contributed by atoms with Gasteiger partial charge in [0.05, 0.1) is 6.04 Å². The van der Waals surface area contributed by atoms with Crippen molar-refractivity contribution in [3.63, 3.8) is 0 Å². The zero-order chi connectivity index (χ0) is 22.7. The number of hydrogen-bond acceptors (Lipinski definition) is 7. The summed E-state index contributed by atoms with van der Waals surface area (Å²) in [5.74, 6) is -4.74. The van der Waals surface area contributed by atoms with Crippen molar-refractivity contribution in [3.8, 4) is 0 Å². The molecular formula is C17H30N4O7S. The van der Waals surface area contributed by atoms with Crippen LogP contribution in [0.3, 0.4) is 0 Å². The lowest BCUT2D eigenvalue weighted by molar-refractivity contribution is -0.141. The van der Waals surface area contributed by atoms with E-state index in [9.17, 15) is 24.0 Å². The fourth-order valence-electron chi connectivity index (χ4n) is 2.27. The Bertz CT molecular complexity index is 613. The van der Waals surface area contributed by atoms with E-state index in [1.54, 1.807) is 13.8 Å².